The highest BCUT2D eigenvalue weighted by atomic mass is 35.5. The Balaban J connectivity index is 1.54. The normalized spacial score (nSPS) is 29.0. The van der Waals surface area contributed by atoms with Crippen LogP contribution in [0.1, 0.15) is 54.1 Å². The molecule has 5 atom stereocenters. The molecular weight excluding hydrogens is 576 g/mol. The highest BCUT2D eigenvalue weighted by Crippen LogP contribution is 2.41. The van der Waals surface area contributed by atoms with Gasteiger partial charge in [0.25, 0.3) is 5.91 Å². The Hall–Kier alpha value is -2.59. The van der Waals surface area contributed by atoms with Crippen LogP contribution in [0.4, 0.5) is 5.69 Å². The second-order valence-electron chi connectivity index (χ2n) is 11.9. The van der Waals surface area contributed by atoms with Crippen LogP contribution in [-0.4, -0.2) is 58.1 Å². The lowest BCUT2D eigenvalue weighted by Gasteiger charge is -2.43. The summed E-state index contributed by atoms with van der Waals surface area (Å²) in [4.78, 5) is 15.6. The molecule has 42 heavy (non-hydrogen) atoms. The minimum Gasteiger partial charge on any atom is -0.487 e. The summed E-state index contributed by atoms with van der Waals surface area (Å²) in [7, 11) is -2.26. The molecule has 1 saturated carbocycles. The van der Waals surface area contributed by atoms with Crippen molar-refractivity contribution in [2.24, 2.45) is 23.7 Å². The molecule has 2 N–H and O–H groups in total. The summed E-state index contributed by atoms with van der Waals surface area (Å²) in [5.74, 6) is -0.453. The summed E-state index contributed by atoms with van der Waals surface area (Å²) in [6.07, 6.45) is 8.59. The van der Waals surface area contributed by atoms with Crippen LogP contribution in [0.2, 0.25) is 5.02 Å². The van der Waals surface area contributed by atoms with E-state index >= 15 is 0 Å². The van der Waals surface area contributed by atoms with E-state index in [1.54, 1.807) is 32.2 Å². The Labute approximate surface area is 254 Å². The van der Waals surface area contributed by atoms with Crippen molar-refractivity contribution >= 4 is 33.2 Å². The van der Waals surface area contributed by atoms with Crippen LogP contribution < -0.4 is 14.4 Å². The molecule has 0 spiro atoms. The number of hydrogen-bond donors (Lipinski definition) is 2. The van der Waals surface area contributed by atoms with Crippen LogP contribution in [0.5, 0.6) is 5.75 Å². The first-order valence-electron chi connectivity index (χ1n) is 14.8. The summed E-state index contributed by atoms with van der Waals surface area (Å²) in [5.41, 5.74) is 3.29. The third-order valence-corrected chi connectivity index (χ3v) is 10.8. The molecule has 0 radical (unpaired) electrons. The molecule has 1 amide bonds. The molecule has 10 heteroatoms. The Kier molecular flexibility index (Phi) is 9.82. The number of aryl methyl sites for hydroxylation is 1. The second-order valence-corrected chi connectivity index (χ2v) is 14.1. The predicted octanol–water partition coefficient (Wildman–Crippen LogP) is 4.98. The molecule has 0 unspecified atom stereocenters. The fraction of sp³-hybridized carbons (Fsp3) is 0.531. The number of nitrogens with zero attached hydrogens (tertiary/aromatic N) is 1. The maximum atomic E-state index is 13.3. The topological polar surface area (TPSA) is 105 Å². The average Bonchev–Trinajstić information content (AvgIpc) is 2.96. The lowest BCUT2D eigenvalue weighted by atomic mass is 9.70. The van der Waals surface area contributed by atoms with Gasteiger partial charge in [-0.05, 0) is 91.3 Å². The van der Waals surface area contributed by atoms with Crippen molar-refractivity contribution in [3.05, 3.63) is 70.3 Å². The Bertz CT molecular complexity index is 1410. The van der Waals surface area contributed by atoms with E-state index in [1.807, 2.05) is 30.4 Å². The van der Waals surface area contributed by atoms with Crippen molar-refractivity contribution in [1.29, 1.82) is 0 Å². The van der Waals surface area contributed by atoms with Gasteiger partial charge in [-0.2, -0.15) is 0 Å². The van der Waals surface area contributed by atoms with Crippen LogP contribution in [0.25, 0.3) is 0 Å². The summed E-state index contributed by atoms with van der Waals surface area (Å²) >= 11 is 6.31. The van der Waals surface area contributed by atoms with Crippen LogP contribution in [0.3, 0.4) is 0 Å². The van der Waals surface area contributed by atoms with Gasteiger partial charge in [-0.1, -0.05) is 36.7 Å². The highest BCUT2D eigenvalue weighted by Gasteiger charge is 2.38. The van der Waals surface area contributed by atoms with Gasteiger partial charge in [0.1, 0.15) is 12.4 Å². The standard InChI is InChI=1S/C32H41ClN2O6S/c1-21-20-42(38,39)34-32(37)23-8-13-31-29(16-23)35(14-4-3-5-22-15-27(33)10-6-26(22)19-41-31)17-24-7-11-28(24)30(40-2)12-9-25(21)18-36/h6,8-10,12-13,15-16,21,24-25,28,30,36H,3-5,7,11,14,17-20H2,1-2H3,(H,34,37)/b12-9+/t21-,24+,25-,28-,30+/m1/s1. The number of sulfonamides is 1. The summed E-state index contributed by atoms with van der Waals surface area (Å²) in [6, 6.07) is 11.0. The number of anilines is 1. The smallest absolute Gasteiger partial charge is 0.264 e. The molecule has 8 nitrogen and oxygen atoms in total. The van der Waals surface area contributed by atoms with E-state index in [2.05, 4.69) is 9.62 Å². The van der Waals surface area contributed by atoms with Crippen LogP contribution >= 0.6 is 11.6 Å². The van der Waals surface area contributed by atoms with Gasteiger partial charge < -0.3 is 19.5 Å². The first-order chi connectivity index (χ1) is 20.2. The van der Waals surface area contributed by atoms with Gasteiger partial charge >= 0.3 is 0 Å². The molecule has 2 aromatic carbocycles. The first-order valence-corrected chi connectivity index (χ1v) is 16.9. The summed E-state index contributed by atoms with van der Waals surface area (Å²) < 4.78 is 40.6. The quantitative estimate of drug-likeness (QED) is 0.459. The number of fused-ring (bicyclic) bond motifs is 3. The van der Waals surface area contributed by atoms with Gasteiger partial charge in [0.05, 0.1) is 17.5 Å². The minimum atomic E-state index is -3.96. The maximum Gasteiger partial charge on any atom is 0.264 e. The number of aliphatic hydroxyl groups is 1. The number of aliphatic hydroxyl groups excluding tert-OH is 1. The van der Waals surface area contributed by atoms with E-state index in [1.165, 1.54) is 5.56 Å². The fourth-order valence-electron chi connectivity index (χ4n) is 6.41. The molecule has 2 bridgehead atoms. The van der Waals surface area contributed by atoms with Crippen LogP contribution in [-0.2, 0) is 27.8 Å². The molecule has 1 fully saturated rings. The van der Waals surface area contributed by atoms with Gasteiger partial charge in [0.2, 0.25) is 10.0 Å². The van der Waals surface area contributed by atoms with Crippen molar-refractivity contribution < 1.29 is 27.8 Å². The van der Waals surface area contributed by atoms with Gasteiger partial charge in [0, 0.05) is 43.3 Å². The molecule has 2 aliphatic heterocycles. The molecule has 0 aromatic heterocycles. The summed E-state index contributed by atoms with van der Waals surface area (Å²) in [6.45, 7) is 3.46. The van der Waals surface area contributed by atoms with Crippen molar-refractivity contribution in [2.45, 2.75) is 51.7 Å². The maximum absolute atomic E-state index is 13.3. The number of benzene rings is 2. The number of rotatable bonds is 2. The van der Waals surface area contributed by atoms with Gasteiger partial charge in [-0.25, -0.2) is 13.1 Å². The van der Waals surface area contributed by atoms with E-state index in [4.69, 9.17) is 21.1 Å². The fourth-order valence-corrected chi connectivity index (χ4v) is 8.02. The molecule has 0 saturated heterocycles. The number of hydrogen-bond acceptors (Lipinski definition) is 7. The zero-order valence-electron chi connectivity index (χ0n) is 24.3. The van der Waals surface area contributed by atoms with E-state index in [0.717, 1.165) is 56.4 Å². The molecule has 3 aliphatic rings. The van der Waals surface area contributed by atoms with Gasteiger partial charge in [-0.3, -0.25) is 4.79 Å². The van der Waals surface area contributed by atoms with E-state index < -0.39 is 21.8 Å². The minimum absolute atomic E-state index is 0.139. The monoisotopic (exact) mass is 616 g/mol. The number of ether oxygens (including phenoxy) is 2. The number of carbonyl (C=O) groups excluding carboxylic acids is 1. The van der Waals surface area contributed by atoms with Crippen LogP contribution in [0, 0.1) is 23.7 Å². The van der Waals surface area contributed by atoms with E-state index in [9.17, 15) is 18.3 Å². The van der Waals surface area contributed by atoms with Crippen molar-refractivity contribution in [1.82, 2.24) is 4.72 Å². The molecule has 5 rings (SSSR count). The Morgan fingerprint density at radius 3 is 2.69 bits per heavy atom. The summed E-state index contributed by atoms with van der Waals surface area (Å²) in [5, 5.41) is 10.7. The zero-order chi connectivity index (χ0) is 29.9. The number of amides is 1. The van der Waals surface area contributed by atoms with Crippen LogP contribution in [0.15, 0.2) is 48.6 Å². The van der Waals surface area contributed by atoms with Gasteiger partial charge in [-0.15, -0.1) is 0 Å². The SMILES string of the molecule is CO[C@H]1/C=C/[C@H](CO)[C@H](C)CS(=O)(=O)NC(=O)c2ccc3c(c2)N(CCCCc2cc(Cl)ccc2CO3)C[C@@H]2CC[C@H]21. The van der Waals surface area contributed by atoms with Crippen molar-refractivity contribution in [2.75, 3.05) is 37.5 Å². The highest BCUT2D eigenvalue weighted by molar-refractivity contribution is 7.90. The molecule has 2 heterocycles. The zero-order valence-corrected chi connectivity index (χ0v) is 25.9. The molecule has 1 aliphatic carbocycles. The molecule has 2 aromatic rings. The van der Waals surface area contributed by atoms with Crippen molar-refractivity contribution in [3.63, 3.8) is 0 Å². The third kappa shape index (κ3) is 7.13. The van der Waals surface area contributed by atoms with Gasteiger partial charge in [0.15, 0.2) is 0 Å². The average molecular weight is 617 g/mol. The largest absolute Gasteiger partial charge is 0.487 e. The Morgan fingerprint density at radius 1 is 1.12 bits per heavy atom. The number of halogens is 1. The lowest BCUT2D eigenvalue weighted by Crippen LogP contribution is -2.44. The van der Waals surface area contributed by atoms with E-state index in [-0.39, 0.29) is 35.9 Å². The third-order valence-electron chi connectivity index (χ3n) is 9.08. The van der Waals surface area contributed by atoms with E-state index in [0.29, 0.717) is 23.3 Å². The molecular formula is C32H41ClN2O6S. The molecule has 228 valence electrons. The van der Waals surface area contributed by atoms with Crippen molar-refractivity contribution in [3.8, 4) is 5.75 Å². The first kappa shape index (κ1) is 30.9. The second kappa shape index (κ2) is 13.4. The Morgan fingerprint density at radius 2 is 1.95 bits per heavy atom. The number of nitrogens with one attached hydrogen (secondary N) is 1. The lowest BCUT2D eigenvalue weighted by molar-refractivity contribution is 0.0131. The number of methoxy groups -OCH3 is 1. The predicted molar refractivity (Wildman–Crippen MR) is 165 cm³/mol. The number of carbonyl (C=O) groups is 1.